The van der Waals surface area contributed by atoms with E-state index in [0.29, 0.717) is 73.6 Å². The van der Waals surface area contributed by atoms with Crippen LogP contribution in [0, 0.1) is 0 Å². The summed E-state index contributed by atoms with van der Waals surface area (Å²) in [5.41, 5.74) is 1.85. The molecule has 24 heteroatoms. The zero-order valence-corrected chi connectivity index (χ0v) is 57.4. The summed E-state index contributed by atoms with van der Waals surface area (Å²) < 4.78 is 108. The van der Waals surface area contributed by atoms with E-state index in [2.05, 4.69) is 0 Å². The highest BCUT2D eigenvalue weighted by molar-refractivity contribution is 8.01. The molecule has 0 atom stereocenters. The van der Waals surface area contributed by atoms with E-state index in [1.165, 1.54) is 0 Å². The van der Waals surface area contributed by atoms with Crippen LogP contribution in [0.2, 0.25) is 0 Å². The highest BCUT2D eigenvalue weighted by Crippen LogP contribution is 2.60. The molecule has 16 nitrogen and oxygen atoms in total. The monoisotopic (exact) mass is 1320 g/mol. The molecule has 0 amide bonds. The molecule has 0 aromatic heterocycles. The van der Waals surface area contributed by atoms with Gasteiger partial charge in [0.25, 0.3) is 0 Å². The first-order chi connectivity index (χ1) is 40.3. The molecular weight excluding hydrogens is 1230 g/mol. The molecule has 0 fully saturated rings. The Bertz CT molecular complexity index is 2360. The maximum absolute atomic E-state index is 14.8. The fraction of sp³-hybridized carbons (Fsp3) is 0.600. The third-order valence-electron chi connectivity index (χ3n) is 13.1. The summed E-state index contributed by atoms with van der Waals surface area (Å²) in [6.45, 7) is 17.6. The minimum atomic E-state index is -3.82. The third kappa shape index (κ3) is 23.5. The topological polar surface area (TPSA) is 223 Å². The van der Waals surface area contributed by atoms with Crippen molar-refractivity contribution in [3.8, 4) is 23.0 Å². The van der Waals surface area contributed by atoms with Crippen molar-refractivity contribution < 1.29 is 74.9 Å². The number of unbranched alkanes of at least 4 members (excludes halogenated alkanes) is 8. The normalized spacial score (nSPS) is 13.2. The molecule has 0 unspecified atom stereocenters. The predicted octanol–water partition coefficient (Wildman–Crippen LogP) is 20.7. The summed E-state index contributed by atoms with van der Waals surface area (Å²) in [6.07, 6.45) is 10.9. The van der Waals surface area contributed by atoms with E-state index < -0.39 is 30.4 Å². The average Bonchev–Trinajstić information content (AvgIpc) is 3.28. The lowest BCUT2D eigenvalue weighted by Gasteiger charge is -2.23. The van der Waals surface area contributed by atoms with Crippen molar-refractivity contribution in [2.75, 3.05) is 52.9 Å². The Hall–Kier alpha value is -1.92. The Kier molecular flexibility index (Phi) is 32.3. The van der Waals surface area contributed by atoms with E-state index in [4.69, 9.17) is 36.2 Å². The zero-order valence-electron chi connectivity index (χ0n) is 50.5. The highest BCUT2D eigenvalue weighted by atomic mass is 32.2. The van der Waals surface area contributed by atoms with E-state index in [9.17, 15) is 38.7 Å². The second-order valence-corrected chi connectivity index (χ2v) is 33.3. The molecular formula is C60H92O16P4S4. The van der Waals surface area contributed by atoms with Crippen molar-refractivity contribution in [2.45, 2.75) is 222 Å². The number of fused-ring (bicyclic) bond motifs is 8. The Morgan fingerprint density at radius 1 is 0.274 bits per heavy atom. The SMILES string of the molecule is CCCCOP(=O)(Cc1cc2c(O)c(c1)Sc1cc(CP(=O)(OCCCC)OCCCC)cc(c1O)Sc1cc(CP(=O)(OCCCC)OCCCC)cc(c1O)Sc1cc(CP(=O)(OCCCC)OCCCC)cc(c1O)S2)OCCCC. The largest absolute Gasteiger partial charge is 0.506 e. The van der Waals surface area contributed by atoms with Gasteiger partial charge in [-0.3, -0.25) is 18.3 Å². The molecule has 4 aromatic rings. The minimum Gasteiger partial charge on any atom is -0.506 e. The van der Waals surface area contributed by atoms with Crippen LogP contribution in [-0.4, -0.2) is 73.3 Å². The molecule has 0 saturated carbocycles. The number of phenols is 4. The van der Waals surface area contributed by atoms with Crippen LogP contribution in [0.1, 0.15) is 180 Å². The van der Waals surface area contributed by atoms with Gasteiger partial charge < -0.3 is 56.6 Å². The van der Waals surface area contributed by atoms with Crippen LogP contribution in [0.5, 0.6) is 23.0 Å². The molecule has 0 saturated heterocycles. The summed E-state index contributed by atoms with van der Waals surface area (Å²) >= 11 is 4.00. The number of phenolic OH excluding ortho intramolecular Hbond substituents is 4. The first kappa shape index (κ1) is 72.8. The van der Waals surface area contributed by atoms with Gasteiger partial charge in [-0.1, -0.05) is 154 Å². The van der Waals surface area contributed by atoms with Gasteiger partial charge >= 0.3 is 30.4 Å². The molecule has 1 aliphatic heterocycles. The van der Waals surface area contributed by atoms with Gasteiger partial charge in [-0.15, -0.1) is 0 Å². The Labute approximate surface area is 517 Å². The molecule has 0 radical (unpaired) electrons. The van der Waals surface area contributed by atoms with Crippen LogP contribution in [0.15, 0.2) is 87.7 Å². The van der Waals surface area contributed by atoms with Crippen molar-refractivity contribution >= 4 is 77.4 Å². The van der Waals surface area contributed by atoms with Gasteiger partial charge in [-0.2, -0.15) is 0 Å². The average molecular weight is 1320 g/mol. The van der Waals surface area contributed by atoms with Crippen LogP contribution < -0.4 is 0 Å². The minimum absolute atomic E-state index is 0.181. The van der Waals surface area contributed by atoms with Gasteiger partial charge in [-0.05, 0) is 122 Å². The number of aromatic hydroxyl groups is 4. The lowest BCUT2D eigenvalue weighted by molar-refractivity contribution is 0.198. The van der Waals surface area contributed by atoms with Crippen molar-refractivity contribution in [3.63, 3.8) is 0 Å². The number of hydrogen-bond acceptors (Lipinski definition) is 20. The second kappa shape index (κ2) is 37.3. The second-order valence-electron chi connectivity index (χ2n) is 20.7. The van der Waals surface area contributed by atoms with Crippen LogP contribution in [0.4, 0.5) is 0 Å². The fourth-order valence-electron chi connectivity index (χ4n) is 8.20. The first-order valence-corrected chi connectivity index (χ1v) is 40.2. The molecule has 5 rings (SSSR count). The lowest BCUT2D eigenvalue weighted by atomic mass is 10.2. The number of rotatable bonds is 40. The van der Waals surface area contributed by atoms with Gasteiger partial charge in [0.05, 0.1) is 117 Å². The van der Waals surface area contributed by atoms with Crippen molar-refractivity contribution in [1.82, 2.24) is 0 Å². The van der Waals surface area contributed by atoms with Gasteiger partial charge in [0.15, 0.2) is 0 Å². The van der Waals surface area contributed by atoms with Crippen LogP contribution in [0.25, 0.3) is 0 Å². The van der Waals surface area contributed by atoms with E-state index in [0.717, 1.165) is 98.4 Å². The maximum atomic E-state index is 14.8. The van der Waals surface area contributed by atoms with Gasteiger partial charge in [0.1, 0.15) is 23.0 Å². The Morgan fingerprint density at radius 3 is 0.524 bits per heavy atom. The standard InChI is InChI=1S/C60H92O16P4S4/c1-9-17-25-69-77(65,70-26-18-10-2)41-45-33-49-57(61)50(34-45)82-52-36-47(43-79(67,73-29-21-13-5)74-30-22-14-6)38-54(59(52)63)84-56-40-48(44-80(68,75-31-23-15-7)76-32-24-16-8)39-55(60(56)64)83-53-37-46(35-51(81-49)58(53)62)42-78(66,71-27-19-11-3)72-28-20-12-4/h33-40,61-64H,9-32,41-44H2,1-8H3. The third-order valence-corrected chi connectivity index (χ3v) is 24.9. The highest BCUT2D eigenvalue weighted by Gasteiger charge is 2.33. The van der Waals surface area contributed by atoms with E-state index in [1.807, 2.05) is 55.4 Å². The van der Waals surface area contributed by atoms with Crippen LogP contribution in [0.3, 0.4) is 0 Å². The molecule has 84 heavy (non-hydrogen) atoms. The van der Waals surface area contributed by atoms with Crippen LogP contribution in [-0.2, 0) is 79.1 Å². The lowest BCUT2D eigenvalue weighted by Crippen LogP contribution is -2.03. The van der Waals surface area contributed by atoms with Gasteiger partial charge in [0.2, 0.25) is 0 Å². The van der Waals surface area contributed by atoms with Gasteiger partial charge in [-0.25, -0.2) is 0 Å². The fourth-order valence-corrected chi connectivity index (χ4v) is 19.5. The van der Waals surface area contributed by atoms with E-state index in [-0.39, 0.29) is 140 Å². The molecule has 8 bridgehead atoms. The zero-order chi connectivity index (χ0) is 61.2. The number of hydrogen-bond donors (Lipinski definition) is 4. The smallest absolute Gasteiger partial charge is 0.335 e. The Balaban J connectivity index is 1.86. The first-order valence-electron chi connectivity index (χ1n) is 30.0. The van der Waals surface area contributed by atoms with Crippen molar-refractivity contribution in [2.24, 2.45) is 0 Å². The molecule has 1 heterocycles. The molecule has 0 spiro atoms. The summed E-state index contributed by atoms with van der Waals surface area (Å²) in [5, 5.41) is 50.3. The van der Waals surface area contributed by atoms with Crippen molar-refractivity contribution in [3.05, 3.63) is 70.8 Å². The molecule has 1 aliphatic rings. The van der Waals surface area contributed by atoms with E-state index >= 15 is 0 Å². The van der Waals surface area contributed by atoms with Crippen LogP contribution >= 0.6 is 77.4 Å². The summed E-state index contributed by atoms with van der Waals surface area (Å²) in [7, 11) is -15.3. The quantitative estimate of drug-likeness (QED) is 0.0211. The molecule has 472 valence electrons. The Morgan fingerprint density at radius 2 is 0.405 bits per heavy atom. The van der Waals surface area contributed by atoms with Gasteiger partial charge in [0, 0.05) is 0 Å². The number of benzene rings is 4. The van der Waals surface area contributed by atoms with E-state index in [1.54, 1.807) is 48.5 Å². The summed E-state index contributed by atoms with van der Waals surface area (Å²) in [6, 6.07) is 13.3. The predicted molar refractivity (Wildman–Crippen MR) is 341 cm³/mol. The molecule has 0 aliphatic carbocycles. The van der Waals surface area contributed by atoms with Crippen molar-refractivity contribution in [1.29, 1.82) is 0 Å². The molecule has 4 aromatic carbocycles. The molecule has 4 N–H and O–H groups in total. The summed E-state index contributed by atoms with van der Waals surface area (Å²) in [5.74, 6) is -0.946. The maximum Gasteiger partial charge on any atom is 0.335 e. The summed E-state index contributed by atoms with van der Waals surface area (Å²) in [4.78, 5) is 1.76.